The minimum Gasteiger partial charge on any atom is -0.507 e. The number of phenols is 2. The van der Waals surface area contributed by atoms with Crippen molar-refractivity contribution in [1.82, 2.24) is 14.7 Å². The summed E-state index contributed by atoms with van der Waals surface area (Å²) < 4.78 is 15.7. The molecule has 3 aromatic carbocycles. The van der Waals surface area contributed by atoms with E-state index in [2.05, 4.69) is 5.10 Å². The maximum Gasteiger partial charge on any atom is 0.257 e. The fourth-order valence-electron chi connectivity index (χ4n) is 3.64. The van der Waals surface area contributed by atoms with E-state index in [-0.39, 0.29) is 28.3 Å². The number of aromatic nitrogens is 2. The molecule has 0 unspecified atom stereocenters. The second-order valence-corrected chi connectivity index (χ2v) is 7.62. The quantitative estimate of drug-likeness (QED) is 0.481. The first-order valence-electron chi connectivity index (χ1n) is 10.0. The van der Waals surface area contributed by atoms with E-state index in [0.717, 1.165) is 17.2 Å². The number of aryl methyl sites for hydroxylation is 1. The molecule has 7 heteroatoms. The molecule has 0 saturated heterocycles. The molecule has 0 aliphatic heterocycles. The van der Waals surface area contributed by atoms with Gasteiger partial charge in [-0.2, -0.15) is 5.10 Å². The summed E-state index contributed by atoms with van der Waals surface area (Å²) in [6.45, 7) is 2.32. The second kappa shape index (κ2) is 8.55. The minimum absolute atomic E-state index is 0.0224. The molecule has 1 amide bonds. The van der Waals surface area contributed by atoms with Crippen LogP contribution in [0.25, 0.3) is 16.9 Å². The Bertz CT molecular complexity index is 1300. The van der Waals surface area contributed by atoms with Gasteiger partial charge in [-0.15, -0.1) is 0 Å². The Morgan fingerprint density at radius 2 is 1.81 bits per heavy atom. The van der Waals surface area contributed by atoms with E-state index in [9.17, 15) is 19.4 Å². The number of hydrogen-bond donors (Lipinski definition) is 2. The summed E-state index contributed by atoms with van der Waals surface area (Å²) in [6, 6.07) is 18.0. The molecule has 0 aliphatic rings. The van der Waals surface area contributed by atoms with Gasteiger partial charge in [-0.05, 0) is 36.8 Å². The van der Waals surface area contributed by atoms with Gasteiger partial charge in [-0.3, -0.25) is 4.79 Å². The molecular weight excluding hydrogens is 409 g/mol. The monoisotopic (exact) mass is 431 g/mol. The van der Waals surface area contributed by atoms with Crippen LogP contribution >= 0.6 is 0 Å². The molecule has 0 saturated carbocycles. The maximum absolute atomic E-state index is 14.3. The summed E-state index contributed by atoms with van der Waals surface area (Å²) in [5.41, 5.74) is 2.88. The zero-order chi connectivity index (χ0) is 22.8. The van der Waals surface area contributed by atoms with Crippen molar-refractivity contribution in [1.29, 1.82) is 0 Å². The van der Waals surface area contributed by atoms with E-state index in [1.807, 2.05) is 31.2 Å². The molecule has 0 atom stereocenters. The van der Waals surface area contributed by atoms with Crippen LogP contribution in [0.4, 0.5) is 4.39 Å². The third-order valence-electron chi connectivity index (χ3n) is 5.19. The summed E-state index contributed by atoms with van der Waals surface area (Å²) in [7, 11) is 1.64. The first-order valence-corrected chi connectivity index (χ1v) is 10.0. The minimum atomic E-state index is -0.482. The van der Waals surface area contributed by atoms with Crippen LogP contribution in [0.1, 0.15) is 21.5 Å². The first kappa shape index (κ1) is 21.1. The Morgan fingerprint density at radius 1 is 1.03 bits per heavy atom. The molecule has 4 aromatic rings. The van der Waals surface area contributed by atoms with Gasteiger partial charge in [0.1, 0.15) is 23.0 Å². The largest absolute Gasteiger partial charge is 0.507 e. The van der Waals surface area contributed by atoms with Gasteiger partial charge < -0.3 is 15.1 Å². The van der Waals surface area contributed by atoms with Crippen LogP contribution in [-0.2, 0) is 6.54 Å². The van der Waals surface area contributed by atoms with Crippen molar-refractivity contribution in [2.75, 3.05) is 7.05 Å². The van der Waals surface area contributed by atoms with E-state index in [0.29, 0.717) is 12.2 Å². The smallest absolute Gasteiger partial charge is 0.257 e. The number of aromatic hydroxyl groups is 2. The molecule has 0 bridgehead atoms. The lowest BCUT2D eigenvalue weighted by Crippen LogP contribution is -2.26. The summed E-state index contributed by atoms with van der Waals surface area (Å²) in [5.74, 6) is -1.49. The van der Waals surface area contributed by atoms with E-state index in [1.165, 1.54) is 27.9 Å². The highest BCUT2D eigenvalue weighted by Crippen LogP contribution is 2.36. The van der Waals surface area contributed by atoms with Crippen molar-refractivity contribution in [3.05, 3.63) is 95.4 Å². The highest BCUT2D eigenvalue weighted by molar-refractivity contribution is 5.98. The van der Waals surface area contributed by atoms with Crippen LogP contribution in [0, 0.1) is 12.7 Å². The Kier molecular flexibility index (Phi) is 5.64. The van der Waals surface area contributed by atoms with E-state index >= 15 is 0 Å². The van der Waals surface area contributed by atoms with Gasteiger partial charge in [0.15, 0.2) is 0 Å². The third-order valence-corrected chi connectivity index (χ3v) is 5.19. The van der Waals surface area contributed by atoms with Crippen LogP contribution in [0.3, 0.4) is 0 Å². The van der Waals surface area contributed by atoms with Crippen LogP contribution < -0.4 is 0 Å². The van der Waals surface area contributed by atoms with Crippen molar-refractivity contribution < 1.29 is 19.4 Å². The van der Waals surface area contributed by atoms with Gasteiger partial charge in [-0.1, -0.05) is 42.0 Å². The Morgan fingerprint density at radius 3 is 2.56 bits per heavy atom. The van der Waals surface area contributed by atoms with Crippen molar-refractivity contribution in [2.45, 2.75) is 13.5 Å². The zero-order valence-corrected chi connectivity index (χ0v) is 17.7. The predicted molar refractivity (Wildman–Crippen MR) is 119 cm³/mol. The number of hydrogen-bond acceptors (Lipinski definition) is 4. The molecule has 0 spiro atoms. The van der Waals surface area contributed by atoms with Crippen molar-refractivity contribution in [2.24, 2.45) is 0 Å². The Labute approximate surface area is 184 Å². The number of phenolic OH excluding ortho intramolecular Hbond substituents is 2. The van der Waals surface area contributed by atoms with Crippen LogP contribution in [0.5, 0.6) is 11.5 Å². The molecule has 0 radical (unpaired) electrons. The molecule has 32 heavy (non-hydrogen) atoms. The topological polar surface area (TPSA) is 78.6 Å². The maximum atomic E-state index is 14.3. The van der Waals surface area contributed by atoms with Gasteiger partial charge >= 0.3 is 0 Å². The van der Waals surface area contributed by atoms with Crippen LogP contribution in [0.15, 0.2) is 72.9 Å². The van der Waals surface area contributed by atoms with E-state index in [1.54, 1.807) is 31.3 Å². The average Bonchev–Trinajstić information content (AvgIpc) is 3.23. The molecule has 1 aromatic heterocycles. The molecular formula is C25H22FN3O3. The molecule has 1 heterocycles. The molecule has 0 aliphatic carbocycles. The lowest BCUT2D eigenvalue weighted by Gasteiger charge is -2.19. The number of nitrogens with zero attached hydrogens (tertiary/aromatic N) is 3. The second-order valence-electron chi connectivity index (χ2n) is 7.62. The lowest BCUT2D eigenvalue weighted by atomic mass is 10.0. The number of rotatable bonds is 5. The summed E-state index contributed by atoms with van der Waals surface area (Å²) >= 11 is 0. The van der Waals surface area contributed by atoms with Gasteiger partial charge in [0.2, 0.25) is 0 Å². The third kappa shape index (κ3) is 4.05. The summed E-state index contributed by atoms with van der Waals surface area (Å²) in [6.07, 6.45) is 1.47. The van der Waals surface area contributed by atoms with Crippen molar-refractivity contribution in [3.63, 3.8) is 0 Å². The standard InChI is InChI=1S/C25H22FN3O3/c1-16-6-5-7-17(12-16)15-28(2)25(32)19-13-18(23(30)14-24(19)31)21-10-11-27-29(21)22-9-4-3-8-20(22)26/h3-14,30-31H,15H2,1-2H3. The molecule has 2 N–H and O–H groups in total. The molecule has 4 rings (SSSR count). The molecule has 0 fully saturated rings. The number of para-hydroxylation sites is 1. The number of carbonyl (C=O) groups is 1. The SMILES string of the molecule is Cc1cccc(CN(C)C(=O)c2cc(-c3ccnn3-c3ccccc3F)c(O)cc2O)c1. The van der Waals surface area contributed by atoms with Crippen molar-refractivity contribution >= 4 is 5.91 Å². The average molecular weight is 431 g/mol. The van der Waals surface area contributed by atoms with Gasteiger partial charge in [0.25, 0.3) is 5.91 Å². The van der Waals surface area contributed by atoms with Crippen LogP contribution in [0.2, 0.25) is 0 Å². The molecule has 6 nitrogen and oxygen atoms in total. The zero-order valence-electron chi connectivity index (χ0n) is 17.7. The van der Waals surface area contributed by atoms with Gasteiger partial charge in [0.05, 0.1) is 17.5 Å². The predicted octanol–water partition coefficient (Wildman–Crippen LogP) is 4.67. The fourth-order valence-corrected chi connectivity index (χ4v) is 3.64. The van der Waals surface area contributed by atoms with Crippen LogP contribution in [-0.4, -0.2) is 37.8 Å². The molecule has 162 valence electrons. The normalized spacial score (nSPS) is 10.8. The lowest BCUT2D eigenvalue weighted by molar-refractivity contribution is 0.0782. The first-order chi connectivity index (χ1) is 15.3. The fraction of sp³-hybridized carbons (Fsp3) is 0.120. The number of carbonyl (C=O) groups excluding carboxylic acids is 1. The summed E-state index contributed by atoms with van der Waals surface area (Å²) in [4.78, 5) is 14.6. The Balaban J connectivity index is 1.71. The number of amides is 1. The number of halogens is 1. The van der Waals surface area contributed by atoms with E-state index < -0.39 is 11.7 Å². The summed E-state index contributed by atoms with van der Waals surface area (Å²) in [5, 5.41) is 25.0. The van der Waals surface area contributed by atoms with E-state index in [4.69, 9.17) is 0 Å². The highest BCUT2D eigenvalue weighted by Gasteiger charge is 2.22. The van der Waals surface area contributed by atoms with Gasteiger partial charge in [0, 0.05) is 25.2 Å². The van der Waals surface area contributed by atoms with Gasteiger partial charge in [-0.25, -0.2) is 9.07 Å². The highest BCUT2D eigenvalue weighted by atomic mass is 19.1. The van der Waals surface area contributed by atoms with Crippen molar-refractivity contribution in [3.8, 4) is 28.4 Å². The number of benzene rings is 3. The Hall–Kier alpha value is -4.13.